The Labute approximate surface area is 148 Å². The molecule has 0 heterocycles. The summed E-state index contributed by atoms with van der Waals surface area (Å²) >= 11 is 0. The van der Waals surface area contributed by atoms with Crippen LogP contribution >= 0.6 is 0 Å². The van der Waals surface area contributed by atoms with Gasteiger partial charge in [0.25, 0.3) is 0 Å². The van der Waals surface area contributed by atoms with Gasteiger partial charge in [-0.3, -0.25) is 4.79 Å². The first kappa shape index (κ1) is 16.7. The molecule has 3 heteroatoms. The van der Waals surface area contributed by atoms with Crippen molar-refractivity contribution in [2.45, 2.75) is 12.3 Å². The van der Waals surface area contributed by atoms with E-state index in [2.05, 4.69) is 34.8 Å². The zero-order valence-electron chi connectivity index (χ0n) is 13.9. The van der Waals surface area contributed by atoms with Crippen LogP contribution < -0.4 is 5.43 Å². The molecule has 0 saturated carbocycles. The van der Waals surface area contributed by atoms with Crippen LogP contribution in [0.3, 0.4) is 0 Å². The van der Waals surface area contributed by atoms with Crippen LogP contribution in [0, 0.1) is 0 Å². The Hall–Kier alpha value is -3.20. The molecule has 0 aliphatic carbocycles. The van der Waals surface area contributed by atoms with Crippen LogP contribution in [0.15, 0.2) is 96.1 Å². The van der Waals surface area contributed by atoms with Crippen LogP contribution in [0.4, 0.5) is 0 Å². The Bertz CT molecular complexity index is 775. The molecular formula is C22H20N2O. The Morgan fingerprint density at radius 1 is 0.800 bits per heavy atom. The van der Waals surface area contributed by atoms with Crippen LogP contribution in [0.5, 0.6) is 0 Å². The lowest BCUT2D eigenvalue weighted by Crippen LogP contribution is -2.20. The largest absolute Gasteiger partial charge is 0.273 e. The number of benzene rings is 3. The predicted molar refractivity (Wildman–Crippen MR) is 102 cm³/mol. The normalized spacial score (nSPS) is 10.9. The SMILES string of the molecule is O=C(CC(c1ccccc1)c1ccccc1)N/N=C/c1ccccc1. The van der Waals surface area contributed by atoms with E-state index in [-0.39, 0.29) is 11.8 Å². The van der Waals surface area contributed by atoms with Gasteiger partial charge in [0.1, 0.15) is 0 Å². The lowest BCUT2D eigenvalue weighted by Gasteiger charge is -2.17. The summed E-state index contributed by atoms with van der Waals surface area (Å²) in [5.74, 6) is -0.0980. The van der Waals surface area contributed by atoms with E-state index in [9.17, 15) is 4.79 Å². The third-order valence-corrected chi connectivity index (χ3v) is 4.00. The third kappa shape index (κ3) is 4.88. The van der Waals surface area contributed by atoms with Crippen molar-refractivity contribution in [2.24, 2.45) is 5.10 Å². The fraction of sp³-hybridized carbons (Fsp3) is 0.0909. The molecule has 3 aromatic rings. The summed E-state index contributed by atoms with van der Waals surface area (Å²) in [7, 11) is 0. The number of nitrogens with zero attached hydrogens (tertiary/aromatic N) is 1. The van der Waals surface area contributed by atoms with Gasteiger partial charge in [0, 0.05) is 12.3 Å². The van der Waals surface area contributed by atoms with E-state index in [1.807, 2.05) is 66.7 Å². The van der Waals surface area contributed by atoms with Gasteiger partial charge in [0.2, 0.25) is 5.91 Å². The Morgan fingerprint density at radius 3 is 1.80 bits per heavy atom. The smallest absolute Gasteiger partial charge is 0.241 e. The molecule has 0 radical (unpaired) electrons. The van der Waals surface area contributed by atoms with Gasteiger partial charge < -0.3 is 0 Å². The molecule has 0 bridgehead atoms. The molecular weight excluding hydrogens is 308 g/mol. The van der Waals surface area contributed by atoms with E-state index in [1.54, 1.807) is 6.21 Å². The number of hydrogen-bond donors (Lipinski definition) is 1. The average Bonchev–Trinajstić information content (AvgIpc) is 2.68. The number of nitrogens with one attached hydrogen (secondary N) is 1. The van der Waals surface area contributed by atoms with E-state index in [1.165, 1.54) is 0 Å². The first-order valence-corrected chi connectivity index (χ1v) is 8.30. The monoisotopic (exact) mass is 328 g/mol. The van der Waals surface area contributed by atoms with Crippen molar-refractivity contribution < 1.29 is 4.79 Å². The maximum Gasteiger partial charge on any atom is 0.241 e. The Morgan fingerprint density at radius 2 is 1.28 bits per heavy atom. The first-order valence-electron chi connectivity index (χ1n) is 8.30. The van der Waals surface area contributed by atoms with Gasteiger partial charge in [-0.05, 0) is 16.7 Å². The molecule has 1 N–H and O–H groups in total. The molecule has 0 unspecified atom stereocenters. The zero-order chi connectivity index (χ0) is 17.3. The van der Waals surface area contributed by atoms with E-state index in [0.717, 1.165) is 16.7 Å². The van der Waals surface area contributed by atoms with Crippen LogP contribution in [-0.2, 0) is 4.79 Å². The van der Waals surface area contributed by atoms with Crippen molar-refractivity contribution >= 4 is 12.1 Å². The van der Waals surface area contributed by atoms with Gasteiger partial charge in [-0.15, -0.1) is 0 Å². The highest BCUT2D eigenvalue weighted by atomic mass is 16.2. The standard InChI is InChI=1S/C22H20N2O/c25-22(24-23-17-18-10-4-1-5-11-18)16-21(19-12-6-2-7-13-19)20-14-8-3-9-15-20/h1-15,17,21H,16H2,(H,24,25)/b23-17+. The van der Waals surface area contributed by atoms with Crippen LogP contribution in [0.25, 0.3) is 0 Å². The fourth-order valence-corrected chi connectivity index (χ4v) is 2.75. The second kappa shape index (κ2) is 8.60. The predicted octanol–water partition coefficient (Wildman–Crippen LogP) is 4.36. The first-order chi connectivity index (χ1) is 12.3. The van der Waals surface area contributed by atoms with Gasteiger partial charge in [0.15, 0.2) is 0 Å². The summed E-state index contributed by atoms with van der Waals surface area (Å²) in [6.07, 6.45) is 2.00. The molecule has 3 rings (SSSR count). The summed E-state index contributed by atoms with van der Waals surface area (Å²) < 4.78 is 0. The van der Waals surface area contributed by atoms with E-state index in [0.29, 0.717) is 6.42 Å². The van der Waals surface area contributed by atoms with Gasteiger partial charge >= 0.3 is 0 Å². The van der Waals surface area contributed by atoms with Crippen molar-refractivity contribution in [2.75, 3.05) is 0 Å². The maximum absolute atomic E-state index is 12.4. The molecule has 124 valence electrons. The highest BCUT2D eigenvalue weighted by Gasteiger charge is 2.17. The Kier molecular flexibility index (Phi) is 5.73. The number of carbonyl (C=O) groups is 1. The lowest BCUT2D eigenvalue weighted by atomic mass is 9.88. The molecule has 0 aliphatic heterocycles. The molecule has 0 fully saturated rings. The number of amides is 1. The van der Waals surface area contributed by atoms with Crippen LogP contribution in [0.1, 0.15) is 29.0 Å². The maximum atomic E-state index is 12.4. The van der Waals surface area contributed by atoms with Crippen molar-refractivity contribution in [1.29, 1.82) is 0 Å². The fourth-order valence-electron chi connectivity index (χ4n) is 2.75. The quantitative estimate of drug-likeness (QED) is 0.530. The lowest BCUT2D eigenvalue weighted by molar-refractivity contribution is -0.121. The van der Waals surface area contributed by atoms with Crippen LogP contribution in [0.2, 0.25) is 0 Å². The molecule has 0 aliphatic rings. The van der Waals surface area contributed by atoms with Gasteiger partial charge in [0.05, 0.1) is 6.21 Å². The highest BCUT2D eigenvalue weighted by Crippen LogP contribution is 2.27. The van der Waals surface area contributed by atoms with Crippen molar-refractivity contribution in [3.8, 4) is 0 Å². The summed E-state index contributed by atoms with van der Waals surface area (Å²) in [6, 6.07) is 29.9. The van der Waals surface area contributed by atoms with Gasteiger partial charge in [-0.25, -0.2) is 5.43 Å². The third-order valence-electron chi connectivity index (χ3n) is 4.00. The Balaban J connectivity index is 1.70. The van der Waals surface area contributed by atoms with Gasteiger partial charge in [-0.1, -0.05) is 91.0 Å². The number of hydrazone groups is 1. The zero-order valence-corrected chi connectivity index (χ0v) is 13.9. The van der Waals surface area contributed by atoms with Crippen molar-refractivity contribution in [3.05, 3.63) is 108 Å². The average molecular weight is 328 g/mol. The summed E-state index contributed by atoms with van der Waals surface area (Å²) in [6.45, 7) is 0. The minimum atomic E-state index is -0.107. The molecule has 1 amide bonds. The second-order valence-electron chi connectivity index (χ2n) is 5.78. The van der Waals surface area contributed by atoms with Gasteiger partial charge in [-0.2, -0.15) is 5.10 Å². The molecule has 0 spiro atoms. The van der Waals surface area contributed by atoms with Crippen LogP contribution in [-0.4, -0.2) is 12.1 Å². The topological polar surface area (TPSA) is 41.5 Å². The number of hydrogen-bond acceptors (Lipinski definition) is 2. The summed E-state index contributed by atoms with van der Waals surface area (Å²) in [5.41, 5.74) is 5.82. The number of rotatable bonds is 6. The molecule has 0 saturated heterocycles. The molecule has 0 atom stereocenters. The van der Waals surface area contributed by atoms with E-state index in [4.69, 9.17) is 0 Å². The summed E-state index contributed by atoms with van der Waals surface area (Å²) in [4.78, 5) is 12.4. The second-order valence-corrected chi connectivity index (χ2v) is 5.78. The molecule has 3 aromatic carbocycles. The molecule has 3 nitrogen and oxygen atoms in total. The molecule has 25 heavy (non-hydrogen) atoms. The minimum absolute atomic E-state index is 0.00863. The minimum Gasteiger partial charge on any atom is -0.273 e. The highest BCUT2D eigenvalue weighted by molar-refractivity contribution is 5.82. The summed E-state index contributed by atoms with van der Waals surface area (Å²) in [5, 5.41) is 4.06. The molecule has 0 aromatic heterocycles. The van der Waals surface area contributed by atoms with E-state index >= 15 is 0 Å². The number of carbonyl (C=O) groups excluding carboxylic acids is 1. The van der Waals surface area contributed by atoms with Crippen molar-refractivity contribution in [3.63, 3.8) is 0 Å². The van der Waals surface area contributed by atoms with Crippen molar-refractivity contribution in [1.82, 2.24) is 5.43 Å². The van der Waals surface area contributed by atoms with E-state index < -0.39 is 0 Å².